The van der Waals surface area contributed by atoms with E-state index in [2.05, 4.69) is 11.9 Å². The summed E-state index contributed by atoms with van der Waals surface area (Å²) >= 11 is 0. The third-order valence-corrected chi connectivity index (χ3v) is 9.05. The fraction of sp³-hybridized carbons (Fsp3) is 0.448. The first-order valence-electron chi connectivity index (χ1n) is 12.7. The number of rotatable bonds is 4. The molecular formula is C29H32N2O5. The Labute approximate surface area is 211 Å². The fourth-order valence-corrected chi connectivity index (χ4v) is 7.57. The number of nitrogens with zero attached hydrogens (tertiary/aromatic N) is 2. The highest BCUT2D eigenvalue weighted by Gasteiger charge is 2.75. The SMILES string of the molecule is CC(=O)O[C@@]12CC[C@@H](N(C)C(=O)C=Cc3ccccc3)[C@@H]3Oc4c(O)ccc5c4[C@@]31CCN(C)[C@@H]2C5. The maximum absolute atomic E-state index is 13.3. The van der Waals surface area contributed by atoms with E-state index < -0.39 is 17.1 Å². The molecule has 2 aliphatic carbocycles. The topological polar surface area (TPSA) is 79.3 Å². The van der Waals surface area contributed by atoms with Crippen molar-refractivity contribution in [2.75, 3.05) is 20.6 Å². The second kappa shape index (κ2) is 8.10. The van der Waals surface area contributed by atoms with Gasteiger partial charge in [-0.15, -0.1) is 0 Å². The largest absolute Gasteiger partial charge is 0.504 e. The fourth-order valence-electron chi connectivity index (χ4n) is 7.57. The maximum atomic E-state index is 13.3. The second-order valence-electron chi connectivity index (χ2n) is 10.7. The minimum Gasteiger partial charge on any atom is -0.504 e. The molecule has 2 aliphatic heterocycles. The highest BCUT2D eigenvalue weighted by molar-refractivity contribution is 5.92. The summed E-state index contributed by atoms with van der Waals surface area (Å²) in [5.74, 6) is 0.177. The van der Waals surface area contributed by atoms with Crippen molar-refractivity contribution in [2.45, 2.75) is 61.8 Å². The number of phenolic OH excluding ortho intramolecular Hbond substituents is 1. The number of benzene rings is 2. The molecule has 0 unspecified atom stereocenters. The van der Waals surface area contributed by atoms with Gasteiger partial charge in [-0.3, -0.25) is 14.5 Å². The van der Waals surface area contributed by atoms with Crippen LogP contribution in [0.2, 0.25) is 0 Å². The van der Waals surface area contributed by atoms with Gasteiger partial charge in [0.25, 0.3) is 0 Å². The highest BCUT2D eigenvalue weighted by atomic mass is 16.6. The van der Waals surface area contributed by atoms with E-state index in [1.165, 1.54) is 6.92 Å². The van der Waals surface area contributed by atoms with Crippen molar-refractivity contribution in [3.63, 3.8) is 0 Å². The lowest BCUT2D eigenvalue weighted by atomic mass is 9.48. The highest BCUT2D eigenvalue weighted by Crippen LogP contribution is 2.66. The van der Waals surface area contributed by atoms with E-state index in [1.54, 1.807) is 17.0 Å². The summed E-state index contributed by atoms with van der Waals surface area (Å²) in [6.07, 6.45) is 5.70. The van der Waals surface area contributed by atoms with Crippen molar-refractivity contribution in [1.29, 1.82) is 0 Å². The first kappa shape index (κ1) is 23.1. The first-order chi connectivity index (χ1) is 17.3. The van der Waals surface area contributed by atoms with Crippen LogP contribution >= 0.6 is 0 Å². The van der Waals surface area contributed by atoms with E-state index in [-0.39, 0.29) is 29.7 Å². The molecule has 0 radical (unpaired) electrons. The molecule has 1 spiro atoms. The van der Waals surface area contributed by atoms with Crippen LogP contribution < -0.4 is 4.74 Å². The Hall–Kier alpha value is -3.32. The predicted octanol–water partition coefficient (Wildman–Crippen LogP) is 3.29. The van der Waals surface area contributed by atoms with Crippen LogP contribution in [0.1, 0.15) is 42.9 Å². The number of hydrogen-bond acceptors (Lipinski definition) is 6. The standard InChI is InChI=1S/C29H32N2O5/c1-18(32)36-29-14-13-21(31(3)24(34)12-9-19-7-5-4-6-8-19)27-28(29)15-16-30(2)23(29)17-20-10-11-22(33)26(35-27)25(20)28/h4-12,21,23,27,33H,13-17H2,1-3H3/t21-,23-,27+,28+,29-/m1/s1. The summed E-state index contributed by atoms with van der Waals surface area (Å²) in [6.45, 7) is 2.29. The van der Waals surface area contributed by atoms with E-state index in [1.807, 2.05) is 49.5 Å². The number of aromatic hydroxyl groups is 1. The van der Waals surface area contributed by atoms with Crippen molar-refractivity contribution in [1.82, 2.24) is 9.80 Å². The summed E-state index contributed by atoms with van der Waals surface area (Å²) in [5, 5.41) is 10.8. The third-order valence-electron chi connectivity index (χ3n) is 9.05. The number of carbonyl (C=O) groups is 2. The number of hydrogen-bond donors (Lipinski definition) is 1. The van der Waals surface area contributed by atoms with E-state index in [0.29, 0.717) is 18.6 Å². The molecule has 6 rings (SSSR count). The molecule has 2 bridgehead atoms. The average molecular weight is 489 g/mol. The molecule has 4 aliphatic rings. The first-order valence-corrected chi connectivity index (χ1v) is 12.7. The molecule has 0 aromatic heterocycles. The molecule has 188 valence electrons. The monoisotopic (exact) mass is 488 g/mol. The molecule has 1 amide bonds. The van der Waals surface area contributed by atoms with Gasteiger partial charge in [0.1, 0.15) is 11.7 Å². The van der Waals surface area contributed by atoms with Crippen LogP contribution in [0, 0.1) is 0 Å². The Morgan fingerprint density at radius 3 is 2.72 bits per heavy atom. The molecule has 7 heteroatoms. The Morgan fingerprint density at radius 1 is 1.19 bits per heavy atom. The molecular weight excluding hydrogens is 456 g/mol. The summed E-state index contributed by atoms with van der Waals surface area (Å²) in [7, 11) is 3.91. The average Bonchev–Trinajstić information content (AvgIpc) is 3.22. The van der Waals surface area contributed by atoms with Crippen molar-refractivity contribution >= 4 is 18.0 Å². The molecule has 36 heavy (non-hydrogen) atoms. The Morgan fingerprint density at radius 2 is 1.97 bits per heavy atom. The summed E-state index contributed by atoms with van der Waals surface area (Å²) in [4.78, 5) is 29.9. The van der Waals surface area contributed by atoms with Crippen molar-refractivity contribution < 1.29 is 24.2 Å². The maximum Gasteiger partial charge on any atom is 0.303 e. The van der Waals surface area contributed by atoms with Crippen LogP contribution in [0.15, 0.2) is 48.5 Å². The second-order valence-corrected chi connectivity index (χ2v) is 10.7. The number of likely N-dealkylation sites (tertiary alicyclic amines) is 1. The molecule has 2 fully saturated rings. The zero-order chi connectivity index (χ0) is 25.2. The number of esters is 1. The van der Waals surface area contributed by atoms with E-state index in [0.717, 1.165) is 36.1 Å². The van der Waals surface area contributed by atoms with Crippen LogP contribution in [-0.4, -0.2) is 71.2 Å². The summed E-state index contributed by atoms with van der Waals surface area (Å²) in [6, 6.07) is 13.2. The van der Waals surface area contributed by atoms with E-state index in [4.69, 9.17) is 9.47 Å². The normalized spacial score (nSPS) is 32.0. The quantitative estimate of drug-likeness (QED) is 0.526. The van der Waals surface area contributed by atoms with Crippen LogP contribution in [0.25, 0.3) is 6.08 Å². The van der Waals surface area contributed by atoms with Gasteiger partial charge in [-0.25, -0.2) is 0 Å². The van der Waals surface area contributed by atoms with Crippen molar-refractivity contribution in [3.8, 4) is 11.5 Å². The molecule has 7 nitrogen and oxygen atoms in total. The molecule has 2 heterocycles. The molecule has 1 saturated heterocycles. The number of amides is 1. The van der Waals surface area contributed by atoms with Gasteiger partial charge in [-0.1, -0.05) is 36.4 Å². The van der Waals surface area contributed by atoms with Gasteiger partial charge >= 0.3 is 5.97 Å². The van der Waals surface area contributed by atoms with Crippen LogP contribution in [0.5, 0.6) is 11.5 Å². The number of likely N-dealkylation sites (N-methyl/N-ethyl adjacent to an activating group) is 2. The summed E-state index contributed by atoms with van der Waals surface area (Å²) < 4.78 is 13.0. The predicted molar refractivity (Wildman–Crippen MR) is 135 cm³/mol. The van der Waals surface area contributed by atoms with Gasteiger partial charge < -0.3 is 19.5 Å². The van der Waals surface area contributed by atoms with Gasteiger partial charge in [0.15, 0.2) is 11.5 Å². The molecule has 2 aromatic rings. The minimum absolute atomic E-state index is 0.00387. The lowest BCUT2D eigenvalue weighted by Gasteiger charge is -2.65. The Bertz CT molecular complexity index is 1260. The Balaban J connectivity index is 1.44. The molecule has 1 N–H and O–H groups in total. The number of phenols is 1. The molecule has 5 atom stereocenters. The van der Waals surface area contributed by atoms with Gasteiger partial charge in [-0.05, 0) is 62.5 Å². The lowest BCUT2D eigenvalue weighted by Crippen LogP contribution is -2.78. The molecule has 2 aromatic carbocycles. The van der Waals surface area contributed by atoms with E-state index >= 15 is 0 Å². The van der Waals surface area contributed by atoms with Crippen LogP contribution in [0.3, 0.4) is 0 Å². The van der Waals surface area contributed by atoms with Crippen molar-refractivity contribution in [2.24, 2.45) is 0 Å². The van der Waals surface area contributed by atoms with Gasteiger partial charge in [-0.2, -0.15) is 0 Å². The van der Waals surface area contributed by atoms with Gasteiger partial charge in [0, 0.05) is 25.6 Å². The van der Waals surface area contributed by atoms with Crippen LogP contribution in [-0.2, 0) is 26.2 Å². The Kier molecular flexibility index (Phi) is 5.20. The zero-order valence-electron chi connectivity index (χ0n) is 20.9. The van der Waals surface area contributed by atoms with Crippen LogP contribution in [0.4, 0.5) is 0 Å². The van der Waals surface area contributed by atoms with Crippen molar-refractivity contribution in [3.05, 3.63) is 65.2 Å². The number of piperidine rings is 1. The molecule has 1 saturated carbocycles. The summed E-state index contributed by atoms with van der Waals surface area (Å²) in [5.41, 5.74) is 1.66. The van der Waals surface area contributed by atoms with E-state index in [9.17, 15) is 14.7 Å². The van der Waals surface area contributed by atoms with Gasteiger partial charge in [0.2, 0.25) is 5.91 Å². The number of carbonyl (C=O) groups excluding carboxylic acids is 2. The minimum atomic E-state index is -0.775. The third kappa shape index (κ3) is 3.01. The number of ether oxygens (including phenoxy) is 2. The zero-order valence-corrected chi connectivity index (χ0v) is 20.9. The van der Waals surface area contributed by atoms with Gasteiger partial charge in [0.05, 0.1) is 17.5 Å². The lowest BCUT2D eigenvalue weighted by molar-refractivity contribution is -0.220. The smallest absolute Gasteiger partial charge is 0.303 e.